The molecular weight excluding hydrogens is 172 g/mol. The third-order valence-electron chi connectivity index (χ3n) is 1.40. The Morgan fingerprint density at radius 3 is 3.17 bits per heavy atom. The third kappa shape index (κ3) is 3.00. The normalized spacial score (nSPS) is 9.75. The SMILES string of the molecule is CCCCOc1ccnc(=S)[nH]1. The van der Waals surface area contributed by atoms with Crippen LogP contribution in [0.15, 0.2) is 12.3 Å². The molecule has 0 saturated heterocycles. The number of H-pyrrole nitrogens is 1. The first kappa shape index (κ1) is 9.19. The number of nitrogens with zero attached hydrogens (tertiary/aromatic N) is 1. The Labute approximate surface area is 76.8 Å². The van der Waals surface area contributed by atoms with Crippen molar-refractivity contribution >= 4 is 12.2 Å². The van der Waals surface area contributed by atoms with Crippen molar-refractivity contribution in [3.63, 3.8) is 0 Å². The number of aromatic nitrogens is 2. The molecule has 1 N–H and O–H groups in total. The van der Waals surface area contributed by atoms with Gasteiger partial charge in [0.15, 0.2) is 10.7 Å². The van der Waals surface area contributed by atoms with E-state index in [1.54, 1.807) is 12.3 Å². The highest BCUT2D eigenvalue weighted by Gasteiger charge is 1.91. The van der Waals surface area contributed by atoms with Gasteiger partial charge < -0.3 is 9.72 Å². The van der Waals surface area contributed by atoms with Gasteiger partial charge >= 0.3 is 0 Å². The lowest BCUT2D eigenvalue weighted by Gasteiger charge is -2.03. The van der Waals surface area contributed by atoms with Crippen molar-refractivity contribution in [3.8, 4) is 5.88 Å². The molecule has 0 aliphatic carbocycles. The minimum Gasteiger partial charge on any atom is -0.479 e. The van der Waals surface area contributed by atoms with Crippen LogP contribution in [0.5, 0.6) is 5.88 Å². The summed E-state index contributed by atoms with van der Waals surface area (Å²) in [6.07, 6.45) is 3.83. The van der Waals surface area contributed by atoms with Gasteiger partial charge in [0.25, 0.3) is 0 Å². The number of hydrogen-bond donors (Lipinski definition) is 1. The summed E-state index contributed by atoms with van der Waals surface area (Å²) < 4.78 is 5.83. The van der Waals surface area contributed by atoms with E-state index in [0.29, 0.717) is 10.7 Å². The van der Waals surface area contributed by atoms with E-state index in [9.17, 15) is 0 Å². The maximum atomic E-state index is 5.36. The van der Waals surface area contributed by atoms with Crippen molar-refractivity contribution in [2.45, 2.75) is 19.8 Å². The zero-order chi connectivity index (χ0) is 8.81. The molecule has 1 aromatic rings. The molecule has 66 valence electrons. The third-order valence-corrected chi connectivity index (χ3v) is 1.61. The Bertz CT molecular complexity index is 284. The van der Waals surface area contributed by atoms with E-state index < -0.39 is 0 Å². The van der Waals surface area contributed by atoms with E-state index in [2.05, 4.69) is 16.9 Å². The maximum Gasteiger partial charge on any atom is 0.199 e. The van der Waals surface area contributed by atoms with Gasteiger partial charge in [-0.2, -0.15) is 0 Å². The van der Waals surface area contributed by atoms with Crippen molar-refractivity contribution < 1.29 is 4.74 Å². The molecule has 3 nitrogen and oxygen atoms in total. The summed E-state index contributed by atoms with van der Waals surface area (Å²) in [5.41, 5.74) is 0. The number of nitrogens with one attached hydrogen (secondary N) is 1. The van der Waals surface area contributed by atoms with Crippen LogP contribution in [0, 0.1) is 4.77 Å². The maximum absolute atomic E-state index is 5.36. The van der Waals surface area contributed by atoms with Crippen molar-refractivity contribution in [1.82, 2.24) is 9.97 Å². The van der Waals surface area contributed by atoms with Crippen LogP contribution in [0.25, 0.3) is 0 Å². The first-order chi connectivity index (χ1) is 5.83. The van der Waals surface area contributed by atoms with Crippen LogP contribution in [0.4, 0.5) is 0 Å². The number of hydrogen-bond acceptors (Lipinski definition) is 3. The molecule has 0 saturated carbocycles. The highest BCUT2D eigenvalue weighted by atomic mass is 32.1. The zero-order valence-corrected chi connectivity index (χ0v) is 7.86. The predicted octanol–water partition coefficient (Wildman–Crippen LogP) is 2.32. The Balaban J connectivity index is 2.47. The zero-order valence-electron chi connectivity index (χ0n) is 7.04. The van der Waals surface area contributed by atoms with Gasteiger partial charge in [-0.3, -0.25) is 0 Å². The molecule has 0 atom stereocenters. The van der Waals surface area contributed by atoms with E-state index >= 15 is 0 Å². The molecule has 0 radical (unpaired) electrons. The molecular formula is C8H12N2OS. The van der Waals surface area contributed by atoms with E-state index in [-0.39, 0.29) is 0 Å². The minimum atomic E-state index is 0.462. The minimum absolute atomic E-state index is 0.462. The van der Waals surface area contributed by atoms with E-state index in [4.69, 9.17) is 17.0 Å². The van der Waals surface area contributed by atoms with Crippen LogP contribution in [-0.2, 0) is 0 Å². The summed E-state index contributed by atoms with van der Waals surface area (Å²) >= 11 is 4.83. The fourth-order valence-electron chi connectivity index (χ4n) is 0.763. The summed E-state index contributed by atoms with van der Waals surface area (Å²) in [4.78, 5) is 6.69. The smallest absolute Gasteiger partial charge is 0.199 e. The number of rotatable bonds is 4. The van der Waals surface area contributed by atoms with Gasteiger partial charge in [-0.05, 0) is 18.6 Å². The summed E-state index contributed by atoms with van der Waals surface area (Å²) in [6.45, 7) is 2.85. The van der Waals surface area contributed by atoms with Crippen LogP contribution in [0.1, 0.15) is 19.8 Å². The summed E-state index contributed by atoms with van der Waals surface area (Å²) in [7, 11) is 0. The fourth-order valence-corrected chi connectivity index (χ4v) is 0.924. The van der Waals surface area contributed by atoms with Gasteiger partial charge in [0.2, 0.25) is 0 Å². The Hall–Kier alpha value is -0.900. The number of unbranched alkanes of at least 4 members (excludes halogenated alkanes) is 1. The van der Waals surface area contributed by atoms with E-state index in [1.807, 2.05) is 0 Å². The van der Waals surface area contributed by atoms with Crippen molar-refractivity contribution in [2.75, 3.05) is 6.61 Å². The second kappa shape index (κ2) is 4.87. The molecule has 1 rings (SSSR count). The van der Waals surface area contributed by atoms with Crippen molar-refractivity contribution in [1.29, 1.82) is 0 Å². The van der Waals surface area contributed by atoms with Crippen LogP contribution >= 0.6 is 12.2 Å². The summed E-state index contributed by atoms with van der Waals surface area (Å²) in [5.74, 6) is 0.698. The molecule has 1 heterocycles. The van der Waals surface area contributed by atoms with Crippen LogP contribution in [0.3, 0.4) is 0 Å². The van der Waals surface area contributed by atoms with E-state index in [0.717, 1.165) is 19.4 Å². The summed E-state index contributed by atoms with van der Waals surface area (Å²) in [5, 5.41) is 0. The average Bonchev–Trinajstić information content (AvgIpc) is 2.05. The van der Waals surface area contributed by atoms with Gasteiger partial charge in [0, 0.05) is 12.3 Å². The molecule has 0 amide bonds. The molecule has 4 heteroatoms. The van der Waals surface area contributed by atoms with Crippen LogP contribution < -0.4 is 4.74 Å². The van der Waals surface area contributed by atoms with Gasteiger partial charge in [-0.15, -0.1) is 0 Å². The molecule has 0 fully saturated rings. The molecule has 0 aromatic carbocycles. The Morgan fingerprint density at radius 1 is 1.67 bits per heavy atom. The van der Waals surface area contributed by atoms with Crippen LogP contribution in [0.2, 0.25) is 0 Å². The average molecular weight is 184 g/mol. The lowest BCUT2D eigenvalue weighted by Crippen LogP contribution is -1.98. The van der Waals surface area contributed by atoms with Gasteiger partial charge in [-0.1, -0.05) is 13.3 Å². The van der Waals surface area contributed by atoms with Crippen molar-refractivity contribution in [2.24, 2.45) is 0 Å². The van der Waals surface area contributed by atoms with Gasteiger partial charge in [0.05, 0.1) is 6.61 Å². The molecule has 0 aliphatic rings. The van der Waals surface area contributed by atoms with E-state index in [1.165, 1.54) is 0 Å². The highest BCUT2D eigenvalue weighted by Crippen LogP contribution is 2.03. The second-order valence-corrected chi connectivity index (χ2v) is 2.83. The lowest BCUT2D eigenvalue weighted by molar-refractivity contribution is 0.297. The quantitative estimate of drug-likeness (QED) is 0.576. The van der Waals surface area contributed by atoms with Gasteiger partial charge in [-0.25, -0.2) is 4.98 Å². The van der Waals surface area contributed by atoms with Crippen LogP contribution in [-0.4, -0.2) is 16.6 Å². The standard InChI is InChI=1S/C8H12N2OS/c1-2-3-6-11-7-4-5-9-8(12)10-7/h4-5H,2-3,6H2,1H3,(H,9,10,12). The van der Waals surface area contributed by atoms with Gasteiger partial charge in [0.1, 0.15) is 0 Å². The molecule has 0 spiro atoms. The molecule has 0 aliphatic heterocycles. The predicted molar refractivity (Wildman–Crippen MR) is 49.8 cm³/mol. The largest absolute Gasteiger partial charge is 0.479 e. The summed E-state index contributed by atoms with van der Waals surface area (Å²) in [6, 6.07) is 1.77. The second-order valence-electron chi connectivity index (χ2n) is 2.44. The molecule has 1 aromatic heterocycles. The molecule has 12 heavy (non-hydrogen) atoms. The fraction of sp³-hybridized carbons (Fsp3) is 0.500. The topological polar surface area (TPSA) is 37.9 Å². The molecule has 0 unspecified atom stereocenters. The molecule has 0 bridgehead atoms. The first-order valence-corrected chi connectivity index (χ1v) is 4.42. The highest BCUT2D eigenvalue weighted by molar-refractivity contribution is 7.71. The lowest BCUT2D eigenvalue weighted by atomic mass is 10.4. The number of aromatic amines is 1. The first-order valence-electron chi connectivity index (χ1n) is 4.01. The Morgan fingerprint density at radius 2 is 2.50 bits per heavy atom. The monoisotopic (exact) mass is 184 g/mol. The number of ether oxygens (including phenoxy) is 1. The van der Waals surface area contributed by atoms with Crippen molar-refractivity contribution in [3.05, 3.63) is 17.0 Å². The Kier molecular flexibility index (Phi) is 3.73.